The molecule has 0 spiro atoms. The van der Waals surface area contributed by atoms with E-state index in [1.54, 1.807) is 0 Å². The van der Waals surface area contributed by atoms with Gasteiger partial charge in [-0.25, -0.2) is 4.79 Å². The summed E-state index contributed by atoms with van der Waals surface area (Å²) in [5.41, 5.74) is -1.01. The molecule has 0 atom stereocenters. The molecule has 17 heavy (non-hydrogen) atoms. The minimum Gasteiger partial charge on any atom is -0.480 e. The van der Waals surface area contributed by atoms with E-state index in [4.69, 9.17) is 9.84 Å². The average Bonchev–Trinajstić information content (AvgIpc) is 2.24. The number of hydrogen-bond donors (Lipinski definition) is 2. The van der Waals surface area contributed by atoms with Crippen molar-refractivity contribution in [1.82, 2.24) is 10.2 Å². The molecule has 0 aromatic rings. The molecule has 0 saturated carbocycles. The number of carbonyl (C=O) groups excluding carboxylic acids is 1. The molecule has 1 fully saturated rings. The summed E-state index contributed by atoms with van der Waals surface area (Å²) < 4.78 is 4.82. The molecule has 6 nitrogen and oxygen atoms in total. The first-order chi connectivity index (χ1) is 8.05. The van der Waals surface area contributed by atoms with E-state index >= 15 is 0 Å². The molecular formula is C11H18N2O4. The van der Waals surface area contributed by atoms with Gasteiger partial charge in [0.1, 0.15) is 6.61 Å². The lowest BCUT2D eigenvalue weighted by Crippen LogP contribution is -2.74. The number of carboxylic acids is 1. The van der Waals surface area contributed by atoms with Crippen molar-refractivity contribution < 1.29 is 19.4 Å². The first-order valence-corrected chi connectivity index (χ1v) is 5.56. The lowest BCUT2D eigenvalue weighted by Gasteiger charge is -2.46. The number of ether oxygens (including phenoxy) is 1. The fourth-order valence-corrected chi connectivity index (χ4v) is 1.64. The van der Waals surface area contributed by atoms with Crippen molar-refractivity contribution in [3.8, 4) is 0 Å². The van der Waals surface area contributed by atoms with E-state index in [0.717, 1.165) is 6.42 Å². The van der Waals surface area contributed by atoms with Crippen LogP contribution in [0.1, 0.15) is 13.3 Å². The highest BCUT2D eigenvalue weighted by Crippen LogP contribution is 2.22. The van der Waals surface area contributed by atoms with Gasteiger partial charge in [0.2, 0.25) is 0 Å². The minimum absolute atomic E-state index is 0.137. The van der Waals surface area contributed by atoms with Crippen molar-refractivity contribution in [3.05, 3.63) is 12.7 Å². The number of hydrogen-bond acceptors (Lipinski definition) is 4. The SMILES string of the molecule is C=CCOC(=O)N1CC(NCCC)(C(=O)O)C1. The second-order valence-electron chi connectivity index (χ2n) is 4.04. The summed E-state index contributed by atoms with van der Waals surface area (Å²) in [6.45, 7) is 6.41. The lowest BCUT2D eigenvalue weighted by molar-refractivity contribution is -0.151. The van der Waals surface area contributed by atoms with E-state index in [1.807, 2.05) is 6.92 Å². The molecule has 0 aromatic carbocycles. The van der Waals surface area contributed by atoms with Gasteiger partial charge in [-0.2, -0.15) is 0 Å². The Morgan fingerprint density at radius 1 is 1.59 bits per heavy atom. The molecular weight excluding hydrogens is 224 g/mol. The average molecular weight is 242 g/mol. The molecule has 96 valence electrons. The maximum Gasteiger partial charge on any atom is 0.410 e. The Kier molecular flexibility index (Phi) is 4.51. The van der Waals surface area contributed by atoms with Crippen LogP contribution in [0.25, 0.3) is 0 Å². The van der Waals surface area contributed by atoms with E-state index in [2.05, 4.69) is 11.9 Å². The highest BCUT2D eigenvalue weighted by atomic mass is 16.6. The van der Waals surface area contributed by atoms with Gasteiger partial charge in [-0.05, 0) is 13.0 Å². The number of carboxylic acid groups (broad SMARTS) is 1. The van der Waals surface area contributed by atoms with Gasteiger partial charge >= 0.3 is 12.1 Å². The fraction of sp³-hybridized carbons (Fsp3) is 0.636. The quantitative estimate of drug-likeness (QED) is 0.661. The zero-order valence-corrected chi connectivity index (χ0v) is 9.94. The van der Waals surface area contributed by atoms with Crippen LogP contribution in [-0.4, -0.2) is 53.8 Å². The van der Waals surface area contributed by atoms with Crippen molar-refractivity contribution in [3.63, 3.8) is 0 Å². The highest BCUT2D eigenvalue weighted by molar-refractivity contribution is 5.84. The number of nitrogens with zero attached hydrogens (tertiary/aromatic N) is 1. The first-order valence-electron chi connectivity index (χ1n) is 5.56. The number of rotatable bonds is 6. The largest absolute Gasteiger partial charge is 0.480 e. The van der Waals surface area contributed by atoms with Gasteiger partial charge < -0.3 is 14.7 Å². The minimum atomic E-state index is -1.01. The Bertz CT molecular complexity index is 311. The Morgan fingerprint density at radius 2 is 2.24 bits per heavy atom. The summed E-state index contributed by atoms with van der Waals surface area (Å²) in [5, 5.41) is 12.1. The monoisotopic (exact) mass is 242 g/mol. The summed E-state index contributed by atoms with van der Waals surface area (Å²) in [4.78, 5) is 23.9. The van der Waals surface area contributed by atoms with Gasteiger partial charge in [-0.1, -0.05) is 19.6 Å². The van der Waals surface area contributed by atoms with Gasteiger partial charge in [0.25, 0.3) is 0 Å². The van der Waals surface area contributed by atoms with E-state index in [0.29, 0.717) is 6.54 Å². The Hall–Kier alpha value is -1.56. The molecule has 1 amide bonds. The van der Waals surface area contributed by atoms with Crippen molar-refractivity contribution >= 4 is 12.1 Å². The number of nitrogens with one attached hydrogen (secondary N) is 1. The van der Waals surface area contributed by atoms with Gasteiger partial charge in [0.05, 0.1) is 13.1 Å². The summed E-state index contributed by atoms with van der Waals surface area (Å²) >= 11 is 0. The van der Waals surface area contributed by atoms with Crippen LogP contribution < -0.4 is 5.32 Å². The molecule has 2 N–H and O–H groups in total. The second-order valence-corrected chi connectivity index (χ2v) is 4.04. The summed E-state index contributed by atoms with van der Waals surface area (Å²) in [6, 6.07) is 0. The molecule has 1 aliphatic rings. The Balaban J connectivity index is 2.46. The van der Waals surface area contributed by atoms with Crippen LogP contribution in [-0.2, 0) is 9.53 Å². The molecule has 0 aliphatic carbocycles. The number of likely N-dealkylation sites (tertiary alicyclic amines) is 1. The molecule has 0 bridgehead atoms. The third-order valence-electron chi connectivity index (χ3n) is 2.63. The maximum atomic E-state index is 11.4. The normalized spacial score (nSPS) is 17.1. The van der Waals surface area contributed by atoms with Crippen LogP contribution in [0.5, 0.6) is 0 Å². The topological polar surface area (TPSA) is 78.9 Å². The van der Waals surface area contributed by atoms with Crippen molar-refractivity contribution in [2.24, 2.45) is 0 Å². The summed E-state index contributed by atoms with van der Waals surface area (Å²) in [6.07, 6.45) is 1.81. The molecule has 0 radical (unpaired) electrons. The van der Waals surface area contributed by atoms with E-state index in [-0.39, 0.29) is 19.7 Å². The summed E-state index contributed by atoms with van der Waals surface area (Å²) in [5.74, 6) is -0.932. The van der Waals surface area contributed by atoms with Gasteiger partial charge in [0, 0.05) is 0 Å². The second kappa shape index (κ2) is 5.67. The van der Waals surface area contributed by atoms with Crippen LogP contribution in [0.4, 0.5) is 4.79 Å². The van der Waals surface area contributed by atoms with Crippen LogP contribution in [0.3, 0.4) is 0 Å². The molecule has 1 rings (SSSR count). The number of carbonyl (C=O) groups is 2. The van der Waals surface area contributed by atoms with Crippen molar-refractivity contribution in [2.75, 3.05) is 26.2 Å². The van der Waals surface area contributed by atoms with Crippen molar-refractivity contribution in [2.45, 2.75) is 18.9 Å². The van der Waals surface area contributed by atoms with Gasteiger partial charge in [-0.3, -0.25) is 10.1 Å². The van der Waals surface area contributed by atoms with E-state index in [1.165, 1.54) is 11.0 Å². The van der Waals surface area contributed by atoms with E-state index < -0.39 is 17.6 Å². The Morgan fingerprint density at radius 3 is 2.71 bits per heavy atom. The van der Waals surface area contributed by atoms with Crippen LogP contribution in [0.15, 0.2) is 12.7 Å². The third-order valence-corrected chi connectivity index (χ3v) is 2.63. The van der Waals surface area contributed by atoms with Crippen LogP contribution in [0.2, 0.25) is 0 Å². The number of amides is 1. The molecule has 0 aromatic heterocycles. The van der Waals surface area contributed by atoms with E-state index in [9.17, 15) is 9.59 Å². The third kappa shape index (κ3) is 2.97. The first kappa shape index (κ1) is 13.5. The molecule has 1 aliphatic heterocycles. The summed E-state index contributed by atoms with van der Waals surface area (Å²) in [7, 11) is 0. The molecule has 1 heterocycles. The van der Waals surface area contributed by atoms with Crippen LogP contribution in [0, 0.1) is 0 Å². The molecule has 1 saturated heterocycles. The van der Waals surface area contributed by atoms with Crippen molar-refractivity contribution in [1.29, 1.82) is 0 Å². The highest BCUT2D eigenvalue weighted by Gasteiger charge is 2.51. The molecule has 6 heteroatoms. The zero-order chi connectivity index (χ0) is 12.9. The maximum absolute atomic E-state index is 11.4. The number of aliphatic carboxylic acids is 1. The smallest absolute Gasteiger partial charge is 0.410 e. The fourth-order valence-electron chi connectivity index (χ4n) is 1.64. The Labute approximate surface area is 100 Å². The van der Waals surface area contributed by atoms with Crippen LogP contribution >= 0.6 is 0 Å². The predicted molar refractivity (Wildman–Crippen MR) is 61.8 cm³/mol. The standard InChI is InChI=1S/C11H18N2O4/c1-3-5-12-11(9(14)15)7-13(8-11)10(16)17-6-4-2/h4,12H,2-3,5-8H2,1H3,(H,14,15). The zero-order valence-electron chi connectivity index (χ0n) is 9.94. The van der Waals surface area contributed by atoms with Gasteiger partial charge in [-0.15, -0.1) is 0 Å². The molecule has 0 unspecified atom stereocenters. The predicted octanol–water partition coefficient (Wildman–Crippen LogP) is 0.448. The van der Waals surface area contributed by atoms with Gasteiger partial charge in [0.15, 0.2) is 5.54 Å². The lowest BCUT2D eigenvalue weighted by atomic mass is 9.90.